The van der Waals surface area contributed by atoms with E-state index in [9.17, 15) is 0 Å². The monoisotopic (exact) mass is 129 g/mol. The Hall–Kier alpha value is -0.540. The molecular weight excluding hydrogens is 118 g/mol. The molecule has 1 aliphatic heterocycles. The normalized spacial score (nSPS) is 25.7. The van der Waals surface area contributed by atoms with Gasteiger partial charge in [-0.15, -0.1) is 0 Å². The Morgan fingerprint density at radius 1 is 1.78 bits per heavy atom. The number of hydrogen-bond acceptors (Lipinski definition) is 3. The average molecular weight is 129 g/mol. The summed E-state index contributed by atoms with van der Waals surface area (Å²) in [6.45, 7) is 3.62. The lowest BCUT2D eigenvalue weighted by Gasteiger charge is -2.15. The van der Waals surface area contributed by atoms with Crippen LogP contribution >= 0.6 is 0 Å². The first-order valence-electron chi connectivity index (χ1n) is 3.12. The van der Waals surface area contributed by atoms with E-state index < -0.39 is 0 Å². The topological polar surface area (TPSA) is 30.5 Å². The zero-order valence-corrected chi connectivity index (χ0v) is 5.46. The highest BCUT2D eigenvalue weighted by Gasteiger charge is 2.06. The van der Waals surface area contributed by atoms with Crippen LogP contribution in [-0.2, 0) is 9.78 Å². The van der Waals surface area contributed by atoms with Crippen molar-refractivity contribution in [2.24, 2.45) is 0 Å². The molecule has 3 nitrogen and oxygen atoms in total. The maximum Gasteiger partial charge on any atom is 0.127 e. The molecule has 0 saturated heterocycles. The average Bonchev–Trinajstić information content (AvgIpc) is 1.91. The van der Waals surface area contributed by atoms with E-state index in [4.69, 9.17) is 0 Å². The molecular formula is C6H11NO2. The second-order valence-corrected chi connectivity index (χ2v) is 1.87. The van der Waals surface area contributed by atoms with Crippen LogP contribution in [0.3, 0.4) is 0 Å². The van der Waals surface area contributed by atoms with E-state index in [0.717, 1.165) is 6.54 Å². The van der Waals surface area contributed by atoms with E-state index in [1.807, 2.05) is 6.08 Å². The molecule has 0 aliphatic carbocycles. The fourth-order valence-corrected chi connectivity index (χ4v) is 0.723. The summed E-state index contributed by atoms with van der Waals surface area (Å²) in [4.78, 5) is 9.21. The Morgan fingerprint density at radius 2 is 2.67 bits per heavy atom. The number of hydrogen-bond donors (Lipinski definition) is 1. The highest BCUT2D eigenvalue weighted by atomic mass is 17.2. The molecule has 0 aromatic heterocycles. The Morgan fingerprint density at radius 3 is 3.22 bits per heavy atom. The lowest BCUT2D eigenvalue weighted by molar-refractivity contribution is -0.258. The summed E-state index contributed by atoms with van der Waals surface area (Å²) in [5.74, 6) is 0. The summed E-state index contributed by atoms with van der Waals surface area (Å²) >= 11 is 0. The summed E-state index contributed by atoms with van der Waals surface area (Å²) in [5, 5.41) is 3.19. The largest absolute Gasteiger partial charge is 0.346 e. The Balaban J connectivity index is 2.23. The minimum absolute atomic E-state index is 0.323. The summed E-state index contributed by atoms with van der Waals surface area (Å²) in [5.41, 5.74) is 0. The fraction of sp³-hybridized carbons (Fsp3) is 0.667. The third-order valence-electron chi connectivity index (χ3n) is 1.15. The fourth-order valence-electron chi connectivity index (χ4n) is 0.723. The second kappa shape index (κ2) is 3.48. The molecule has 0 fully saturated rings. The van der Waals surface area contributed by atoms with Crippen molar-refractivity contribution >= 4 is 0 Å². The minimum atomic E-state index is 0.323. The van der Waals surface area contributed by atoms with Gasteiger partial charge in [0.1, 0.15) is 12.9 Å². The zero-order valence-electron chi connectivity index (χ0n) is 5.46. The molecule has 1 N–H and O–H groups in total. The molecule has 52 valence electrons. The Bertz CT molecular complexity index is 103. The lowest BCUT2D eigenvalue weighted by atomic mass is 10.3. The van der Waals surface area contributed by atoms with Crippen LogP contribution in [0, 0.1) is 0 Å². The van der Waals surface area contributed by atoms with E-state index in [2.05, 4.69) is 22.0 Å². The van der Waals surface area contributed by atoms with Gasteiger partial charge in [-0.1, -0.05) is 6.92 Å². The van der Waals surface area contributed by atoms with Gasteiger partial charge < -0.3 is 10.2 Å². The predicted octanol–water partition coefficient (Wildman–Crippen LogP) is 0.440. The van der Waals surface area contributed by atoms with Crippen molar-refractivity contribution in [2.75, 3.05) is 13.2 Å². The van der Waals surface area contributed by atoms with Crippen molar-refractivity contribution in [3.05, 3.63) is 12.3 Å². The number of likely N-dealkylation sites (N-methyl/N-ethyl adjacent to an activating group) is 1. The molecule has 0 radical (unpaired) electrons. The number of nitrogens with one attached hydrogen (secondary N) is 1. The van der Waals surface area contributed by atoms with E-state index in [0.29, 0.717) is 12.6 Å². The molecule has 0 aromatic carbocycles. The van der Waals surface area contributed by atoms with Gasteiger partial charge in [-0.2, -0.15) is 4.89 Å². The smallest absolute Gasteiger partial charge is 0.127 e. The zero-order chi connectivity index (χ0) is 6.53. The van der Waals surface area contributed by atoms with Crippen LogP contribution in [0.4, 0.5) is 0 Å². The van der Waals surface area contributed by atoms with Gasteiger partial charge in [0.2, 0.25) is 0 Å². The van der Waals surface area contributed by atoms with Gasteiger partial charge in [0, 0.05) is 0 Å². The van der Waals surface area contributed by atoms with Gasteiger partial charge >= 0.3 is 0 Å². The second-order valence-electron chi connectivity index (χ2n) is 1.87. The van der Waals surface area contributed by atoms with Crippen molar-refractivity contribution < 1.29 is 9.78 Å². The highest BCUT2D eigenvalue weighted by Crippen LogP contribution is 1.96. The van der Waals surface area contributed by atoms with Gasteiger partial charge in [-0.25, -0.2) is 0 Å². The van der Waals surface area contributed by atoms with Crippen LogP contribution in [0.2, 0.25) is 0 Å². The first-order valence-corrected chi connectivity index (χ1v) is 3.12. The standard InChI is InChI=1S/C6H11NO2/c1-2-7-6-3-4-8-9-5-6/h3-4,6-7H,2,5H2,1H3. The lowest BCUT2D eigenvalue weighted by Crippen LogP contribution is -2.32. The van der Waals surface area contributed by atoms with Crippen LogP contribution in [0.5, 0.6) is 0 Å². The van der Waals surface area contributed by atoms with Gasteiger partial charge in [0.05, 0.1) is 6.04 Å². The van der Waals surface area contributed by atoms with E-state index in [1.54, 1.807) is 6.26 Å². The maximum atomic E-state index is 4.69. The maximum absolute atomic E-state index is 4.69. The van der Waals surface area contributed by atoms with Crippen LogP contribution in [-0.4, -0.2) is 19.2 Å². The molecule has 0 amide bonds. The number of rotatable bonds is 2. The molecule has 1 rings (SSSR count). The van der Waals surface area contributed by atoms with Gasteiger partial charge in [-0.3, -0.25) is 0 Å². The minimum Gasteiger partial charge on any atom is -0.346 e. The predicted molar refractivity (Wildman–Crippen MR) is 33.6 cm³/mol. The van der Waals surface area contributed by atoms with Crippen molar-refractivity contribution in [2.45, 2.75) is 13.0 Å². The van der Waals surface area contributed by atoms with Gasteiger partial charge in [0.25, 0.3) is 0 Å². The van der Waals surface area contributed by atoms with Gasteiger partial charge in [-0.05, 0) is 12.6 Å². The van der Waals surface area contributed by atoms with Crippen molar-refractivity contribution in [3.8, 4) is 0 Å². The molecule has 1 heterocycles. The highest BCUT2D eigenvalue weighted by molar-refractivity contribution is 4.89. The van der Waals surface area contributed by atoms with Crippen molar-refractivity contribution in [1.82, 2.24) is 5.32 Å². The Kier molecular flexibility index (Phi) is 2.54. The van der Waals surface area contributed by atoms with Crippen LogP contribution in [0.25, 0.3) is 0 Å². The quantitative estimate of drug-likeness (QED) is 0.549. The van der Waals surface area contributed by atoms with Crippen molar-refractivity contribution in [1.29, 1.82) is 0 Å². The molecule has 0 bridgehead atoms. The van der Waals surface area contributed by atoms with E-state index in [-0.39, 0.29) is 0 Å². The molecule has 0 spiro atoms. The SMILES string of the molecule is CCNC1C=COOC1. The van der Waals surface area contributed by atoms with Gasteiger partial charge in [0.15, 0.2) is 0 Å². The van der Waals surface area contributed by atoms with E-state index in [1.165, 1.54) is 0 Å². The third-order valence-corrected chi connectivity index (χ3v) is 1.15. The molecule has 0 saturated carbocycles. The molecule has 1 aliphatic rings. The summed E-state index contributed by atoms with van der Waals surface area (Å²) in [7, 11) is 0. The third kappa shape index (κ3) is 2.03. The molecule has 1 unspecified atom stereocenters. The first kappa shape index (κ1) is 6.58. The Labute approximate surface area is 54.6 Å². The molecule has 3 heteroatoms. The summed E-state index contributed by atoms with van der Waals surface area (Å²) in [6.07, 6.45) is 3.49. The van der Waals surface area contributed by atoms with Crippen LogP contribution < -0.4 is 5.32 Å². The van der Waals surface area contributed by atoms with Crippen molar-refractivity contribution in [3.63, 3.8) is 0 Å². The summed E-state index contributed by atoms with van der Waals surface area (Å²) < 4.78 is 0. The molecule has 9 heavy (non-hydrogen) atoms. The molecule has 0 aromatic rings. The van der Waals surface area contributed by atoms with Crippen LogP contribution in [0.1, 0.15) is 6.92 Å². The van der Waals surface area contributed by atoms with Crippen LogP contribution in [0.15, 0.2) is 12.3 Å². The molecule has 1 atom stereocenters. The first-order chi connectivity index (χ1) is 4.43. The summed E-state index contributed by atoms with van der Waals surface area (Å²) in [6, 6.07) is 0.323. The van der Waals surface area contributed by atoms with E-state index >= 15 is 0 Å².